The van der Waals surface area contributed by atoms with Crippen LogP contribution >= 0.6 is 0 Å². The van der Waals surface area contributed by atoms with Crippen LogP contribution in [0, 0.1) is 0 Å². The molecule has 1 amide bonds. The van der Waals surface area contributed by atoms with Crippen LogP contribution < -0.4 is 5.48 Å². The third-order valence-corrected chi connectivity index (χ3v) is 2.38. The van der Waals surface area contributed by atoms with Crippen LogP contribution in [0.3, 0.4) is 0 Å². The number of rotatable bonds is 6. The zero-order chi connectivity index (χ0) is 16.0. The lowest BCUT2D eigenvalue weighted by Gasteiger charge is -2.27. The second-order valence-electron chi connectivity index (χ2n) is 5.16. The Morgan fingerprint density at radius 2 is 1.65 bits per heavy atom. The van der Waals surface area contributed by atoms with E-state index in [2.05, 4.69) is 0 Å². The summed E-state index contributed by atoms with van der Waals surface area (Å²) in [6.45, 7) is 9.51. The molecule has 0 fully saturated rings. The molecule has 0 aliphatic heterocycles. The largest absolute Gasteiger partial charge is 0.463 e. The van der Waals surface area contributed by atoms with E-state index in [1.54, 1.807) is 34.6 Å². The first-order chi connectivity index (χ1) is 9.09. The molecule has 0 aromatic heterocycles. The number of ketones is 1. The van der Waals surface area contributed by atoms with Gasteiger partial charge in [-0.3, -0.25) is 4.79 Å². The second-order valence-corrected chi connectivity index (χ2v) is 5.16. The maximum Gasteiger partial charge on any atom is 0.431 e. The van der Waals surface area contributed by atoms with Crippen molar-refractivity contribution in [2.24, 2.45) is 0 Å². The van der Waals surface area contributed by atoms with Crippen LogP contribution in [0.25, 0.3) is 0 Å². The minimum absolute atomic E-state index is 0.0248. The summed E-state index contributed by atoms with van der Waals surface area (Å²) in [5, 5.41) is 0. The third kappa shape index (κ3) is 5.16. The lowest BCUT2D eigenvalue weighted by molar-refractivity contribution is -0.185. The van der Waals surface area contributed by atoms with E-state index in [4.69, 9.17) is 14.3 Å². The maximum atomic E-state index is 11.9. The number of Topliss-reactive ketones (excluding diaryl/α,β-unsaturated/α-hetero) is 1. The lowest BCUT2D eigenvalue weighted by Crippen LogP contribution is -2.53. The SMILES string of the molecule is CCOC(=O)C(CC)(ONC(=O)OC(C)(C)C)C(C)=O. The van der Waals surface area contributed by atoms with Crippen molar-refractivity contribution >= 4 is 17.8 Å². The van der Waals surface area contributed by atoms with Crippen molar-refractivity contribution < 1.29 is 28.7 Å². The van der Waals surface area contributed by atoms with Gasteiger partial charge in [0.05, 0.1) is 6.61 Å². The van der Waals surface area contributed by atoms with E-state index in [1.165, 1.54) is 6.92 Å². The summed E-state index contributed by atoms with van der Waals surface area (Å²) in [6.07, 6.45) is -0.863. The van der Waals surface area contributed by atoms with Crippen LogP contribution in [0.4, 0.5) is 4.79 Å². The average Bonchev–Trinajstić information content (AvgIpc) is 2.27. The molecule has 1 N–H and O–H groups in total. The maximum absolute atomic E-state index is 11.9. The average molecular weight is 289 g/mol. The van der Waals surface area contributed by atoms with Crippen molar-refractivity contribution in [3.05, 3.63) is 0 Å². The molecule has 7 nitrogen and oxygen atoms in total. The van der Waals surface area contributed by atoms with E-state index in [1.807, 2.05) is 5.48 Å². The number of esters is 1. The topological polar surface area (TPSA) is 90.9 Å². The molecule has 0 saturated heterocycles. The van der Waals surface area contributed by atoms with Crippen LogP contribution in [0.15, 0.2) is 0 Å². The third-order valence-electron chi connectivity index (χ3n) is 2.38. The summed E-state index contributed by atoms with van der Waals surface area (Å²) >= 11 is 0. The van der Waals surface area contributed by atoms with E-state index in [0.717, 1.165) is 0 Å². The van der Waals surface area contributed by atoms with E-state index in [9.17, 15) is 14.4 Å². The number of hydrogen-bond donors (Lipinski definition) is 1. The van der Waals surface area contributed by atoms with E-state index >= 15 is 0 Å². The number of nitrogens with one attached hydrogen (secondary N) is 1. The molecule has 0 bridgehead atoms. The highest BCUT2D eigenvalue weighted by atomic mass is 16.7. The molecular weight excluding hydrogens is 266 g/mol. The zero-order valence-electron chi connectivity index (χ0n) is 12.9. The first-order valence-electron chi connectivity index (χ1n) is 6.44. The first-order valence-corrected chi connectivity index (χ1v) is 6.44. The van der Waals surface area contributed by atoms with Gasteiger partial charge in [0.2, 0.25) is 5.60 Å². The van der Waals surface area contributed by atoms with E-state index < -0.39 is 29.0 Å². The Labute approximate surface area is 118 Å². The molecule has 0 saturated carbocycles. The summed E-state index contributed by atoms with van der Waals surface area (Å²) in [5.41, 5.74) is -0.605. The van der Waals surface area contributed by atoms with Crippen molar-refractivity contribution in [3.8, 4) is 0 Å². The van der Waals surface area contributed by atoms with Gasteiger partial charge in [-0.05, 0) is 41.0 Å². The predicted octanol–water partition coefficient (Wildman–Crippen LogP) is 1.74. The predicted molar refractivity (Wildman–Crippen MR) is 70.8 cm³/mol. The Morgan fingerprint density at radius 1 is 1.10 bits per heavy atom. The number of carbonyl (C=O) groups is 3. The number of hydrogen-bond acceptors (Lipinski definition) is 6. The number of ether oxygens (including phenoxy) is 2. The zero-order valence-corrected chi connectivity index (χ0v) is 12.9. The lowest BCUT2D eigenvalue weighted by atomic mass is 9.96. The number of hydroxylamine groups is 1. The molecule has 0 spiro atoms. The van der Waals surface area contributed by atoms with Gasteiger partial charge < -0.3 is 9.47 Å². The fourth-order valence-corrected chi connectivity index (χ4v) is 1.40. The molecule has 0 rings (SSSR count). The molecule has 1 unspecified atom stereocenters. The Hall–Kier alpha value is -1.63. The highest BCUT2D eigenvalue weighted by Crippen LogP contribution is 2.19. The van der Waals surface area contributed by atoms with Crippen molar-refractivity contribution in [3.63, 3.8) is 0 Å². The Kier molecular flexibility index (Phi) is 6.64. The number of carbonyl (C=O) groups excluding carboxylic acids is 3. The van der Waals surface area contributed by atoms with Gasteiger partial charge in [-0.1, -0.05) is 6.92 Å². The van der Waals surface area contributed by atoms with Crippen molar-refractivity contribution in [1.82, 2.24) is 5.48 Å². The van der Waals surface area contributed by atoms with Gasteiger partial charge in [0.15, 0.2) is 5.78 Å². The van der Waals surface area contributed by atoms with Crippen molar-refractivity contribution in [2.45, 2.75) is 59.2 Å². The standard InChI is InChI=1S/C13H23NO6/c1-7-13(9(3)15,10(16)18-8-2)20-14-11(17)19-12(4,5)6/h7-8H2,1-6H3,(H,14,17). The second kappa shape index (κ2) is 7.23. The van der Waals surface area contributed by atoms with E-state index in [0.29, 0.717) is 0 Å². The molecule has 0 radical (unpaired) electrons. The van der Waals surface area contributed by atoms with Gasteiger partial charge in [0, 0.05) is 0 Å². The molecule has 0 aromatic carbocycles. The fraction of sp³-hybridized carbons (Fsp3) is 0.769. The summed E-state index contributed by atoms with van der Waals surface area (Å²) in [5.74, 6) is -1.40. The van der Waals surface area contributed by atoms with Gasteiger partial charge in [-0.15, -0.1) is 0 Å². The van der Waals surface area contributed by atoms with Crippen LogP contribution in [0.2, 0.25) is 0 Å². The molecule has 0 aliphatic rings. The Balaban J connectivity index is 4.88. The monoisotopic (exact) mass is 289 g/mol. The van der Waals surface area contributed by atoms with Crippen LogP contribution in [-0.2, 0) is 23.9 Å². The van der Waals surface area contributed by atoms with Crippen LogP contribution in [-0.4, -0.2) is 35.7 Å². The van der Waals surface area contributed by atoms with Crippen molar-refractivity contribution in [2.75, 3.05) is 6.61 Å². The summed E-state index contributed by atoms with van der Waals surface area (Å²) < 4.78 is 9.77. The highest BCUT2D eigenvalue weighted by Gasteiger charge is 2.46. The minimum atomic E-state index is -1.85. The van der Waals surface area contributed by atoms with Gasteiger partial charge in [0.1, 0.15) is 5.60 Å². The quantitative estimate of drug-likeness (QED) is 0.455. The minimum Gasteiger partial charge on any atom is -0.463 e. The molecule has 0 aromatic rings. The van der Waals surface area contributed by atoms with Gasteiger partial charge in [0.25, 0.3) is 0 Å². The first kappa shape index (κ1) is 18.4. The van der Waals surface area contributed by atoms with Crippen LogP contribution in [0.1, 0.15) is 48.0 Å². The molecular formula is C13H23NO6. The fourth-order valence-electron chi connectivity index (χ4n) is 1.40. The molecule has 0 aliphatic carbocycles. The molecule has 1 atom stereocenters. The highest BCUT2D eigenvalue weighted by molar-refractivity contribution is 6.06. The van der Waals surface area contributed by atoms with Crippen molar-refractivity contribution in [1.29, 1.82) is 0 Å². The smallest absolute Gasteiger partial charge is 0.431 e. The van der Waals surface area contributed by atoms with E-state index in [-0.39, 0.29) is 13.0 Å². The van der Waals surface area contributed by atoms with Gasteiger partial charge in [-0.2, -0.15) is 5.48 Å². The molecule has 7 heteroatoms. The van der Waals surface area contributed by atoms with Gasteiger partial charge in [-0.25, -0.2) is 14.4 Å². The summed E-state index contributed by atoms with van der Waals surface area (Å²) in [4.78, 5) is 40.1. The number of amides is 1. The molecule has 20 heavy (non-hydrogen) atoms. The summed E-state index contributed by atoms with van der Waals surface area (Å²) in [6, 6.07) is 0. The summed E-state index contributed by atoms with van der Waals surface area (Å²) in [7, 11) is 0. The molecule has 0 heterocycles. The Bertz CT molecular complexity index is 374. The molecule has 116 valence electrons. The normalized spacial score (nSPS) is 14.1. The van der Waals surface area contributed by atoms with Crippen LogP contribution in [0.5, 0.6) is 0 Å². The van der Waals surface area contributed by atoms with Gasteiger partial charge >= 0.3 is 12.1 Å². The Morgan fingerprint density at radius 3 is 2.00 bits per heavy atom.